The topological polar surface area (TPSA) is 191 Å². The lowest BCUT2D eigenvalue weighted by Crippen LogP contribution is -2.53. The smallest absolute Gasteiger partial charge is 0.296 e. The second-order valence-electron chi connectivity index (χ2n) is 9.66. The van der Waals surface area contributed by atoms with E-state index < -0.39 is 59.8 Å². The van der Waals surface area contributed by atoms with Gasteiger partial charge in [0, 0.05) is 23.7 Å². The van der Waals surface area contributed by atoms with E-state index in [2.05, 4.69) is 10.0 Å². The molecule has 0 bridgehead atoms. The third-order valence-corrected chi connectivity index (χ3v) is 7.96. The molecule has 1 amide bonds. The minimum Gasteiger partial charge on any atom is -0.485 e. The highest BCUT2D eigenvalue weighted by Gasteiger charge is 2.45. The molecule has 14 heteroatoms. The summed E-state index contributed by atoms with van der Waals surface area (Å²) in [6, 6.07) is 14.6. The highest BCUT2D eigenvalue weighted by molar-refractivity contribution is 7.89. The molecule has 13 nitrogen and oxygen atoms in total. The summed E-state index contributed by atoms with van der Waals surface area (Å²) >= 11 is 0. The molecule has 0 aliphatic carbocycles. The van der Waals surface area contributed by atoms with Gasteiger partial charge < -0.3 is 15.2 Å². The van der Waals surface area contributed by atoms with Gasteiger partial charge in [-0.15, -0.1) is 0 Å². The van der Waals surface area contributed by atoms with Crippen LogP contribution in [0.1, 0.15) is 41.4 Å². The zero-order chi connectivity index (χ0) is 29.2. The van der Waals surface area contributed by atoms with Gasteiger partial charge in [-0.2, -0.15) is 0 Å². The summed E-state index contributed by atoms with van der Waals surface area (Å²) in [5, 5.41) is 36.5. The first-order chi connectivity index (χ1) is 18.8. The minimum absolute atomic E-state index is 0.135. The van der Waals surface area contributed by atoms with Crippen LogP contribution in [0.3, 0.4) is 0 Å². The van der Waals surface area contributed by atoms with Crippen LogP contribution in [0.4, 0.5) is 11.4 Å². The van der Waals surface area contributed by atoms with Crippen LogP contribution in [0.15, 0.2) is 71.6 Å². The minimum atomic E-state index is -4.71. The maximum Gasteiger partial charge on any atom is 0.296 e. The van der Waals surface area contributed by atoms with E-state index in [1.54, 1.807) is 0 Å². The molecule has 3 N–H and O–H groups in total. The molecule has 0 aromatic heterocycles. The van der Waals surface area contributed by atoms with E-state index in [0.29, 0.717) is 19.0 Å². The third kappa shape index (κ3) is 5.93. The van der Waals surface area contributed by atoms with Crippen LogP contribution in [-0.2, 0) is 16.4 Å². The number of hydrogen-bond acceptors (Lipinski definition) is 9. The van der Waals surface area contributed by atoms with Crippen molar-refractivity contribution in [1.29, 1.82) is 0 Å². The molecule has 1 aliphatic heterocycles. The van der Waals surface area contributed by atoms with Crippen molar-refractivity contribution in [2.75, 3.05) is 6.54 Å². The molecular formula is C26H26N4O9S. The van der Waals surface area contributed by atoms with Gasteiger partial charge in [-0.3, -0.25) is 25.0 Å². The number of nitrogens with one attached hydrogen (secondary N) is 2. The SMILES string of the molecule is CC1(C)Oc2ccc(C(=O)NCCc3ccccc3)cc2C(NS(=O)(=O)c2ccc([N+](=O)[O-])cc2[N+](=O)[O-])C1O. The molecule has 3 aromatic carbocycles. The average molecular weight is 571 g/mol. The third-order valence-electron chi connectivity index (χ3n) is 6.47. The van der Waals surface area contributed by atoms with Crippen LogP contribution in [0.25, 0.3) is 0 Å². The zero-order valence-electron chi connectivity index (χ0n) is 21.4. The largest absolute Gasteiger partial charge is 0.485 e. The molecule has 3 aromatic rings. The molecule has 0 saturated heterocycles. The number of rotatable bonds is 9. The van der Waals surface area contributed by atoms with Gasteiger partial charge in [0.05, 0.1) is 22.0 Å². The van der Waals surface area contributed by atoms with Crippen molar-refractivity contribution >= 4 is 27.3 Å². The fourth-order valence-corrected chi connectivity index (χ4v) is 5.73. The van der Waals surface area contributed by atoms with Crippen molar-refractivity contribution < 1.29 is 32.9 Å². The maximum absolute atomic E-state index is 13.4. The normalized spacial score (nSPS) is 17.8. The van der Waals surface area contributed by atoms with Crippen molar-refractivity contribution in [3.63, 3.8) is 0 Å². The first kappa shape index (κ1) is 28.6. The van der Waals surface area contributed by atoms with Crippen molar-refractivity contribution in [3.05, 3.63) is 104 Å². The summed E-state index contributed by atoms with van der Waals surface area (Å²) in [7, 11) is -4.71. The molecular weight excluding hydrogens is 544 g/mol. The Bertz CT molecular complexity index is 1580. The fourth-order valence-electron chi connectivity index (χ4n) is 4.36. The van der Waals surface area contributed by atoms with Crippen LogP contribution in [0.2, 0.25) is 0 Å². The Balaban J connectivity index is 1.65. The number of ether oxygens (including phenoxy) is 1. The molecule has 40 heavy (non-hydrogen) atoms. The van der Waals surface area contributed by atoms with Gasteiger partial charge in [-0.1, -0.05) is 30.3 Å². The number of nitrogens with zero attached hydrogens (tertiary/aromatic N) is 2. The lowest BCUT2D eigenvalue weighted by Gasteiger charge is -2.42. The van der Waals surface area contributed by atoms with E-state index in [1.807, 2.05) is 30.3 Å². The van der Waals surface area contributed by atoms with E-state index in [9.17, 15) is 38.5 Å². The Hall–Kier alpha value is -4.40. The molecule has 0 spiro atoms. The van der Waals surface area contributed by atoms with E-state index in [1.165, 1.54) is 32.0 Å². The fraction of sp³-hybridized carbons (Fsp3) is 0.269. The highest BCUT2D eigenvalue weighted by atomic mass is 32.2. The van der Waals surface area contributed by atoms with Gasteiger partial charge in [0.2, 0.25) is 10.0 Å². The maximum atomic E-state index is 13.4. The average Bonchev–Trinajstić information content (AvgIpc) is 2.91. The van der Waals surface area contributed by atoms with Crippen LogP contribution in [-0.4, -0.2) is 47.5 Å². The van der Waals surface area contributed by atoms with Gasteiger partial charge in [-0.05, 0) is 50.1 Å². The van der Waals surface area contributed by atoms with Gasteiger partial charge in [-0.25, -0.2) is 13.1 Å². The molecule has 1 heterocycles. The van der Waals surface area contributed by atoms with Crippen LogP contribution >= 0.6 is 0 Å². The first-order valence-corrected chi connectivity index (χ1v) is 13.6. The van der Waals surface area contributed by atoms with Gasteiger partial charge in [0.25, 0.3) is 17.3 Å². The Morgan fingerprint density at radius 1 is 1.02 bits per heavy atom. The summed E-state index contributed by atoms with van der Waals surface area (Å²) in [5.41, 5.74) is -1.62. The quantitative estimate of drug-likeness (QED) is 0.256. The van der Waals surface area contributed by atoms with Gasteiger partial charge >= 0.3 is 0 Å². The second kappa shape index (κ2) is 11.0. The molecule has 0 radical (unpaired) electrons. The number of nitro benzene ring substituents is 2. The van der Waals surface area contributed by atoms with Crippen molar-refractivity contribution in [1.82, 2.24) is 10.0 Å². The van der Waals surface area contributed by atoms with E-state index in [4.69, 9.17) is 4.74 Å². The molecule has 2 unspecified atom stereocenters. The predicted octanol–water partition coefficient (Wildman–Crippen LogP) is 3.03. The lowest BCUT2D eigenvalue weighted by molar-refractivity contribution is -0.396. The summed E-state index contributed by atoms with van der Waals surface area (Å²) in [6.45, 7) is 3.40. The van der Waals surface area contributed by atoms with E-state index in [-0.39, 0.29) is 16.9 Å². The van der Waals surface area contributed by atoms with Crippen LogP contribution in [0, 0.1) is 20.2 Å². The molecule has 210 valence electrons. The standard InChI is InChI=1S/C26H26N4O9S/c1-26(2)24(31)23(28-40(37,38)22-11-9-18(29(33)34)15-20(22)30(35)36)19-14-17(8-10-21(19)39-26)25(32)27-13-12-16-6-4-3-5-7-16/h3-11,14-15,23-24,28,31H,12-13H2,1-2H3,(H,27,32). The number of hydrogen-bond donors (Lipinski definition) is 3. The Morgan fingerprint density at radius 2 is 1.73 bits per heavy atom. The molecule has 1 aliphatic rings. The molecule has 0 fully saturated rings. The highest BCUT2D eigenvalue weighted by Crippen LogP contribution is 2.41. The number of aliphatic hydroxyl groups is 1. The first-order valence-electron chi connectivity index (χ1n) is 12.1. The molecule has 2 atom stereocenters. The number of aliphatic hydroxyl groups excluding tert-OH is 1. The molecule has 4 rings (SSSR count). The Labute approximate surface area is 229 Å². The second-order valence-corrected chi connectivity index (χ2v) is 11.3. The number of amides is 1. The van der Waals surface area contributed by atoms with E-state index in [0.717, 1.165) is 17.7 Å². The number of carbonyl (C=O) groups is 1. The van der Waals surface area contributed by atoms with Crippen LogP contribution in [0.5, 0.6) is 5.75 Å². The lowest BCUT2D eigenvalue weighted by atomic mass is 9.86. The summed E-state index contributed by atoms with van der Waals surface area (Å²) in [6.07, 6.45) is -0.896. The predicted molar refractivity (Wildman–Crippen MR) is 142 cm³/mol. The Morgan fingerprint density at radius 3 is 2.38 bits per heavy atom. The van der Waals surface area contributed by atoms with Crippen molar-refractivity contribution in [2.24, 2.45) is 0 Å². The zero-order valence-corrected chi connectivity index (χ0v) is 22.3. The van der Waals surface area contributed by atoms with E-state index >= 15 is 0 Å². The summed E-state index contributed by atoms with van der Waals surface area (Å²) in [5.74, 6) is -0.243. The number of benzene rings is 3. The number of sulfonamides is 1. The van der Waals surface area contributed by atoms with Gasteiger partial charge in [0.1, 0.15) is 17.5 Å². The number of carbonyl (C=O) groups excluding carboxylic acids is 1. The Kier molecular flexibility index (Phi) is 7.86. The molecule has 0 saturated carbocycles. The van der Waals surface area contributed by atoms with Crippen molar-refractivity contribution in [3.8, 4) is 5.75 Å². The monoisotopic (exact) mass is 570 g/mol. The number of fused-ring (bicyclic) bond motifs is 1. The number of non-ortho nitro benzene ring substituents is 1. The summed E-state index contributed by atoms with van der Waals surface area (Å²) < 4.78 is 34.8. The number of nitro groups is 2. The van der Waals surface area contributed by atoms with Crippen molar-refractivity contribution in [2.45, 2.75) is 42.9 Å². The van der Waals surface area contributed by atoms with Gasteiger partial charge in [0.15, 0.2) is 4.90 Å². The summed E-state index contributed by atoms with van der Waals surface area (Å²) in [4.78, 5) is 32.8. The van der Waals surface area contributed by atoms with Crippen LogP contribution < -0.4 is 14.8 Å².